The van der Waals surface area contributed by atoms with Gasteiger partial charge in [0.2, 0.25) is 12.4 Å². The summed E-state index contributed by atoms with van der Waals surface area (Å²) >= 11 is 0. The Labute approximate surface area is 322 Å². The van der Waals surface area contributed by atoms with Crippen LogP contribution in [-0.4, -0.2) is 61.5 Å². The standard InChI is InChI=1S/C40H42F2NO12P/c1-27(36(44)51-31-20-9-4-10-21-31)43-56(47,54-33-23-13-19-30-18-11-12-22-32(30)33)55-37-40(41,42)35(53-39(46)49-25-29-16-7-3-8-17-29)34(52-37)26-50-38(45)48-24-28-14-5-2-6-15-28/h2-3,5-8,11-19,22-23,27,31,34-35,37H,4,9-10,20-21,24-26H2,1H3,(H,43,47)/t27-,34+,35+,37?,56?/m0/s1. The van der Waals surface area contributed by atoms with E-state index in [-0.39, 0.29) is 25.1 Å². The summed E-state index contributed by atoms with van der Waals surface area (Å²) in [4.78, 5) is 38.5. The molecule has 0 amide bonds. The fourth-order valence-electron chi connectivity index (χ4n) is 6.19. The summed E-state index contributed by atoms with van der Waals surface area (Å²) in [5.41, 5.74) is 1.19. The summed E-state index contributed by atoms with van der Waals surface area (Å²) in [6.07, 6.45) is -6.13. The molecule has 1 N–H and O–H groups in total. The van der Waals surface area contributed by atoms with Gasteiger partial charge in [-0.25, -0.2) is 14.2 Å². The quantitative estimate of drug-likeness (QED) is 0.0694. The molecule has 56 heavy (non-hydrogen) atoms. The van der Waals surface area contributed by atoms with Crippen LogP contribution < -0.4 is 9.61 Å². The number of rotatable bonds is 15. The van der Waals surface area contributed by atoms with E-state index in [4.69, 9.17) is 37.5 Å². The largest absolute Gasteiger partial charge is 0.509 e. The Kier molecular flexibility index (Phi) is 13.6. The lowest BCUT2D eigenvalue weighted by Crippen LogP contribution is -2.46. The van der Waals surface area contributed by atoms with Crippen LogP contribution in [0.5, 0.6) is 5.75 Å². The highest BCUT2D eigenvalue weighted by atomic mass is 31.2. The predicted octanol–water partition coefficient (Wildman–Crippen LogP) is 8.63. The molecule has 298 valence electrons. The van der Waals surface area contributed by atoms with Gasteiger partial charge in [0, 0.05) is 5.39 Å². The van der Waals surface area contributed by atoms with Crippen LogP contribution >= 0.6 is 7.75 Å². The van der Waals surface area contributed by atoms with Crippen LogP contribution in [0.2, 0.25) is 0 Å². The van der Waals surface area contributed by atoms with Crippen molar-refractivity contribution in [3.05, 3.63) is 114 Å². The van der Waals surface area contributed by atoms with Crippen molar-refractivity contribution in [2.45, 2.75) is 88.8 Å². The number of ether oxygens (including phenoxy) is 6. The summed E-state index contributed by atoms with van der Waals surface area (Å²) in [6.45, 7) is -0.0709. The Hall–Kier alpha value is -5.08. The van der Waals surface area contributed by atoms with Gasteiger partial charge >= 0.3 is 31.9 Å². The predicted molar refractivity (Wildman–Crippen MR) is 197 cm³/mol. The van der Waals surface area contributed by atoms with Crippen LogP contribution in [0.1, 0.15) is 50.2 Å². The van der Waals surface area contributed by atoms with Crippen LogP contribution in [-0.2, 0) is 55.5 Å². The van der Waals surface area contributed by atoms with E-state index in [9.17, 15) is 18.9 Å². The molecule has 2 fully saturated rings. The van der Waals surface area contributed by atoms with Crippen LogP contribution in [0.3, 0.4) is 0 Å². The van der Waals surface area contributed by atoms with Gasteiger partial charge in [-0.3, -0.25) is 9.32 Å². The number of fused-ring (bicyclic) bond motifs is 1. The molecule has 4 aromatic rings. The van der Waals surface area contributed by atoms with Gasteiger partial charge in [0.15, 0.2) is 0 Å². The minimum atomic E-state index is -5.02. The molecule has 0 bridgehead atoms. The molecule has 4 aromatic carbocycles. The Morgan fingerprint density at radius 2 is 1.39 bits per heavy atom. The molecule has 16 heteroatoms. The van der Waals surface area contributed by atoms with E-state index in [2.05, 4.69) is 5.09 Å². The van der Waals surface area contributed by atoms with Gasteiger partial charge in [-0.2, -0.15) is 13.9 Å². The summed E-state index contributed by atoms with van der Waals surface area (Å²) < 4.78 is 90.3. The van der Waals surface area contributed by atoms with Gasteiger partial charge in [-0.05, 0) is 55.2 Å². The molecule has 0 radical (unpaired) electrons. The van der Waals surface area contributed by atoms with E-state index in [1.165, 1.54) is 13.0 Å². The Bertz CT molecular complexity index is 1980. The zero-order valence-electron chi connectivity index (χ0n) is 30.5. The van der Waals surface area contributed by atoms with E-state index in [0.717, 1.165) is 19.3 Å². The fourth-order valence-corrected chi connectivity index (χ4v) is 7.79. The van der Waals surface area contributed by atoms with Gasteiger partial charge in [0.05, 0.1) is 0 Å². The van der Waals surface area contributed by atoms with Gasteiger partial charge in [-0.1, -0.05) is 103 Å². The van der Waals surface area contributed by atoms with Crippen LogP contribution in [0.15, 0.2) is 103 Å². The number of hydrogen-bond donors (Lipinski definition) is 1. The van der Waals surface area contributed by atoms with Crippen LogP contribution in [0.25, 0.3) is 10.8 Å². The van der Waals surface area contributed by atoms with E-state index in [0.29, 0.717) is 34.7 Å². The number of esters is 1. The fraction of sp³-hybridized carbons (Fsp3) is 0.375. The van der Waals surface area contributed by atoms with Crippen molar-refractivity contribution in [3.63, 3.8) is 0 Å². The first-order valence-corrected chi connectivity index (χ1v) is 19.7. The van der Waals surface area contributed by atoms with E-state index < -0.39 is 63.1 Å². The summed E-state index contributed by atoms with van der Waals surface area (Å²) in [5.74, 6) is -5.09. The van der Waals surface area contributed by atoms with Crippen molar-refractivity contribution in [2.24, 2.45) is 0 Å². The van der Waals surface area contributed by atoms with Crippen molar-refractivity contribution in [1.29, 1.82) is 0 Å². The van der Waals surface area contributed by atoms with Crippen molar-refractivity contribution < 1.29 is 65.2 Å². The number of hydrogen-bond acceptors (Lipinski definition) is 12. The Morgan fingerprint density at radius 1 is 0.786 bits per heavy atom. The third kappa shape index (κ3) is 10.8. The summed E-state index contributed by atoms with van der Waals surface area (Å²) in [5, 5.41) is 3.56. The molecule has 0 aromatic heterocycles. The van der Waals surface area contributed by atoms with Crippen LogP contribution in [0.4, 0.5) is 18.4 Å². The number of carbonyl (C=O) groups is 3. The molecule has 6 rings (SSSR count). The van der Waals surface area contributed by atoms with Gasteiger partial charge in [-0.15, -0.1) is 0 Å². The zero-order valence-corrected chi connectivity index (χ0v) is 31.4. The highest BCUT2D eigenvalue weighted by Gasteiger charge is 2.65. The lowest BCUT2D eigenvalue weighted by molar-refractivity contribution is -0.190. The molecule has 0 spiro atoms. The Morgan fingerprint density at radius 3 is 2.07 bits per heavy atom. The smallest absolute Gasteiger partial charge is 0.461 e. The number of carbonyl (C=O) groups excluding carboxylic acids is 3. The number of nitrogens with one attached hydrogen (secondary N) is 1. The number of benzene rings is 4. The molecular weight excluding hydrogens is 755 g/mol. The molecule has 2 unspecified atom stereocenters. The number of halogens is 2. The monoisotopic (exact) mass is 797 g/mol. The minimum absolute atomic E-state index is 0.0218. The van der Waals surface area contributed by atoms with Crippen molar-refractivity contribution in [2.75, 3.05) is 6.61 Å². The average molecular weight is 798 g/mol. The third-order valence-electron chi connectivity index (χ3n) is 9.06. The lowest BCUT2D eigenvalue weighted by Gasteiger charge is -2.29. The van der Waals surface area contributed by atoms with Crippen molar-refractivity contribution in [1.82, 2.24) is 5.09 Å². The third-order valence-corrected chi connectivity index (χ3v) is 10.7. The van der Waals surface area contributed by atoms with E-state index in [1.54, 1.807) is 97.1 Å². The molecule has 1 aliphatic carbocycles. The zero-order chi connectivity index (χ0) is 39.5. The molecule has 13 nitrogen and oxygen atoms in total. The first kappa shape index (κ1) is 40.6. The normalized spacial score (nSPS) is 20.9. The molecular formula is C40H42F2NO12P. The second-order valence-electron chi connectivity index (χ2n) is 13.3. The maximum absolute atomic E-state index is 16.4. The van der Waals surface area contributed by atoms with Gasteiger partial charge in [0.1, 0.15) is 43.8 Å². The van der Waals surface area contributed by atoms with Gasteiger partial charge in [0.25, 0.3) is 0 Å². The van der Waals surface area contributed by atoms with E-state index in [1.807, 2.05) is 0 Å². The van der Waals surface area contributed by atoms with E-state index >= 15 is 8.78 Å². The molecule has 1 saturated heterocycles. The Balaban J connectivity index is 1.22. The number of alkyl halides is 2. The summed E-state index contributed by atoms with van der Waals surface area (Å²) in [6, 6.07) is 27.4. The lowest BCUT2D eigenvalue weighted by atomic mass is 9.98. The van der Waals surface area contributed by atoms with Crippen molar-refractivity contribution >= 4 is 36.8 Å². The summed E-state index contributed by atoms with van der Waals surface area (Å²) in [7, 11) is -5.02. The average Bonchev–Trinajstić information content (AvgIpc) is 3.43. The van der Waals surface area contributed by atoms with Crippen LogP contribution in [0, 0.1) is 0 Å². The topological polar surface area (TPSA) is 154 Å². The second-order valence-corrected chi connectivity index (χ2v) is 14.9. The molecule has 5 atom stereocenters. The second kappa shape index (κ2) is 18.7. The molecule has 1 saturated carbocycles. The molecule has 1 heterocycles. The van der Waals surface area contributed by atoms with Gasteiger partial charge < -0.3 is 32.9 Å². The maximum atomic E-state index is 16.4. The van der Waals surface area contributed by atoms with Crippen molar-refractivity contribution in [3.8, 4) is 5.75 Å². The highest BCUT2D eigenvalue weighted by molar-refractivity contribution is 7.52. The molecule has 1 aliphatic heterocycles. The maximum Gasteiger partial charge on any atom is 0.509 e. The SMILES string of the molecule is C[C@H](NP(=O)(Oc1cccc2ccccc12)OC1O[C@H](COC(=O)OCc2ccccc2)[C@@H](OC(=O)OCc2ccccc2)C1(F)F)C(=O)OC1CCCCC1. The molecule has 2 aliphatic rings. The first-order valence-electron chi connectivity index (χ1n) is 18.2. The minimum Gasteiger partial charge on any atom is -0.461 e. The first-order chi connectivity index (χ1) is 27.0. The highest BCUT2D eigenvalue weighted by Crippen LogP contribution is 2.52.